The van der Waals surface area contributed by atoms with Crippen molar-refractivity contribution in [2.24, 2.45) is 0 Å². The van der Waals surface area contributed by atoms with Gasteiger partial charge in [-0.05, 0) is 78.7 Å². The molecule has 0 aliphatic rings. The van der Waals surface area contributed by atoms with E-state index in [1.165, 1.54) is 16.5 Å². The fourth-order valence-corrected chi connectivity index (χ4v) is 3.85. The number of hydrogen-bond donors (Lipinski definition) is 2. The Morgan fingerprint density at radius 2 is 1.30 bits per heavy atom. The van der Waals surface area contributed by atoms with E-state index < -0.39 is 0 Å². The maximum atomic E-state index is 6.01. The summed E-state index contributed by atoms with van der Waals surface area (Å²) in [6.45, 7) is 1.66. The molecule has 0 aliphatic carbocycles. The van der Waals surface area contributed by atoms with Gasteiger partial charge in [0.25, 0.3) is 0 Å². The largest absolute Gasteiger partial charge is 0.457 e. The lowest BCUT2D eigenvalue weighted by Crippen LogP contribution is -2.16. The molecule has 4 aromatic carbocycles. The van der Waals surface area contributed by atoms with Crippen LogP contribution in [0.25, 0.3) is 10.9 Å². The van der Waals surface area contributed by atoms with E-state index in [0.717, 1.165) is 48.0 Å². The van der Waals surface area contributed by atoms with Gasteiger partial charge in [-0.1, -0.05) is 48.5 Å². The highest BCUT2D eigenvalue weighted by Crippen LogP contribution is 2.27. The minimum absolute atomic E-state index is 0.788. The zero-order valence-electron chi connectivity index (χ0n) is 18.3. The summed E-state index contributed by atoms with van der Waals surface area (Å²) in [6.07, 6.45) is 3.02. The number of H-pyrrole nitrogens is 1. The Kier molecular flexibility index (Phi) is 6.36. The van der Waals surface area contributed by atoms with Gasteiger partial charge < -0.3 is 19.8 Å². The van der Waals surface area contributed by atoms with Gasteiger partial charge in [-0.2, -0.15) is 0 Å². The molecule has 0 saturated heterocycles. The molecule has 33 heavy (non-hydrogen) atoms. The highest BCUT2D eigenvalue weighted by molar-refractivity contribution is 5.84. The van der Waals surface area contributed by atoms with E-state index in [9.17, 15) is 0 Å². The van der Waals surface area contributed by atoms with E-state index in [0.29, 0.717) is 0 Å². The monoisotopic (exact) mass is 434 g/mol. The van der Waals surface area contributed by atoms with Crippen molar-refractivity contribution in [2.45, 2.75) is 13.0 Å². The molecule has 0 aliphatic heterocycles. The summed E-state index contributed by atoms with van der Waals surface area (Å²) < 4.78 is 11.9. The molecule has 5 aromatic rings. The first kappa shape index (κ1) is 20.9. The Bertz CT molecular complexity index is 1310. The molecule has 4 nitrogen and oxygen atoms in total. The van der Waals surface area contributed by atoms with Gasteiger partial charge in [0.2, 0.25) is 0 Å². The van der Waals surface area contributed by atoms with Crippen LogP contribution in [0.3, 0.4) is 0 Å². The summed E-state index contributed by atoms with van der Waals surface area (Å²) in [5, 5.41) is 4.75. The van der Waals surface area contributed by atoms with Crippen LogP contribution in [0.4, 0.5) is 0 Å². The van der Waals surface area contributed by atoms with Crippen LogP contribution in [0.5, 0.6) is 23.0 Å². The second-order valence-corrected chi connectivity index (χ2v) is 7.93. The van der Waals surface area contributed by atoms with Crippen LogP contribution in [0, 0.1) is 0 Å². The van der Waals surface area contributed by atoms with Crippen molar-refractivity contribution in [3.8, 4) is 23.0 Å². The Labute approximate surface area is 193 Å². The first-order valence-electron chi connectivity index (χ1n) is 11.2. The van der Waals surface area contributed by atoms with Crippen LogP contribution in [-0.4, -0.2) is 11.5 Å². The first-order valence-corrected chi connectivity index (χ1v) is 11.2. The second kappa shape index (κ2) is 10.1. The zero-order valence-corrected chi connectivity index (χ0v) is 18.3. The zero-order chi connectivity index (χ0) is 22.3. The number of fused-ring (bicyclic) bond motifs is 1. The van der Waals surface area contributed by atoms with Gasteiger partial charge in [0.05, 0.1) is 0 Å². The lowest BCUT2D eigenvalue weighted by Gasteiger charge is -2.09. The molecule has 0 radical (unpaired) electrons. The Hall–Kier alpha value is -4.02. The Balaban J connectivity index is 1.18. The van der Waals surface area contributed by atoms with Crippen LogP contribution in [0.1, 0.15) is 11.1 Å². The molecule has 2 N–H and O–H groups in total. The van der Waals surface area contributed by atoms with Crippen molar-refractivity contribution in [2.75, 3.05) is 6.54 Å². The number of benzene rings is 4. The van der Waals surface area contributed by atoms with Crippen LogP contribution in [0.15, 0.2) is 109 Å². The predicted molar refractivity (Wildman–Crippen MR) is 133 cm³/mol. The smallest absolute Gasteiger partial charge is 0.128 e. The number of rotatable bonds is 9. The molecule has 0 spiro atoms. The lowest BCUT2D eigenvalue weighted by atomic mass is 10.1. The maximum Gasteiger partial charge on any atom is 0.128 e. The number of para-hydroxylation sites is 2. The molecule has 0 atom stereocenters. The summed E-state index contributed by atoms with van der Waals surface area (Å²) in [7, 11) is 0. The van der Waals surface area contributed by atoms with E-state index in [-0.39, 0.29) is 0 Å². The van der Waals surface area contributed by atoms with Crippen molar-refractivity contribution in [1.29, 1.82) is 0 Å². The fourth-order valence-electron chi connectivity index (χ4n) is 3.85. The molecule has 1 aromatic heterocycles. The normalized spacial score (nSPS) is 10.9. The van der Waals surface area contributed by atoms with E-state index in [2.05, 4.69) is 40.8 Å². The average molecular weight is 435 g/mol. The van der Waals surface area contributed by atoms with Crippen molar-refractivity contribution in [1.82, 2.24) is 10.3 Å². The van der Waals surface area contributed by atoms with Gasteiger partial charge in [0.15, 0.2) is 0 Å². The Morgan fingerprint density at radius 3 is 2.03 bits per heavy atom. The van der Waals surface area contributed by atoms with Crippen molar-refractivity contribution >= 4 is 10.9 Å². The van der Waals surface area contributed by atoms with Gasteiger partial charge >= 0.3 is 0 Å². The quantitative estimate of drug-likeness (QED) is 0.244. The lowest BCUT2D eigenvalue weighted by molar-refractivity contribution is 0.481. The molecular weight excluding hydrogens is 408 g/mol. The summed E-state index contributed by atoms with van der Waals surface area (Å²) in [4.78, 5) is 3.37. The van der Waals surface area contributed by atoms with Crippen LogP contribution < -0.4 is 14.8 Å². The van der Waals surface area contributed by atoms with Gasteiger partial charge in [-0.15, -0.1) is 0 Å². The summed E-state index contributed by atoms with van der Waals surface area (Å²) in [6, 6.07) is 34.1. The van der Waals surface area contributed by atoms with Gasteiger partial charge in [0.1, 0.15) is 23.0 Å². The third-order valence-corrected chi connectivity index (χ3v) is 5.50. The van der Waals surface area contributed by atoms with Crippen LogP contribution >= 0.6 is 0 Å². The molecule has 0 fully saturated rings. The van der Waals surface area contributed by atoms with Crippen molar-refractivity contribution in [3.63, 3.8) is 0 Å². The van der Waals surface area contributed by atoms with E-state index in [4.69, 9.17) is 9.47 Å². The highest BCUT2D eigenvalue weighted by Gasteiger charge is 2.06. The summed E-state index contributed by atoms with van der Waals surface area (Å²) in [5.41, 5.74) is 3.59. The van der Waals surface area contributed by atoms with Gasteiger partial charge in [0, 0.05) is 23.6 Å². The third-order valence-electron chi connectivity index (χ3n) is 5.50. The van der Waals surface area contributed by atoms with Crippen LogP contribution in [0.2, 0.25) is 0 Å². The topological polar surface area (TPSA) is 46.3 Å². The maximum absolute atomic E-state index is 6.01. The fraction of sp³-hybridized carbons (Fsp3) is 0.103. The summed E-state index contributed by atoms with van der Waals surface area (Å²) in [5.74, 6) is 3.38. The van der Waals surface area contributed by atoms with E-state index in [1.807, 2.05) is 78.9 Å². The SMILES string of the molecule is c1ccc(Oc2cccc(CNCCc3c[nH]c4ccc(Oc5ccccc5)cc34)c2)cc1. The Morgan fingerprint density at radius 1 is 0.636 bits per heavy atom. The van der Waals surface area contributed by atoms with Crippen molar-refractivity contribution < 1.29 is 9.47 Å². The average Bonchev–Trinajstić information content (AvgIpc) is 3.26. The molecule has 1 heterocycles. The standard InChI is InChI=1S/C29H26N2O2/c1-3-9-24(10-4-1)32-26-13-7-8-22(18-26)20-30-17-16-23-21-31-29-15-14-27(19-28(23)29)33-25-11-5-2-6-12-25/h1-15,18-19,21,30-31H,16-17,20H2. The predicted octanol–water partition coefficient (Wildman–Crippen LogP) is 7.08. The third kappa shape index (κ3) is 5.43. The second-order valence-electron chi connectivity index (χ2n) is 7.93. The number of aromatic amines is 1. The van der Waals surface area contributed by atoms with Crippen molar-refractivity contribution in [3.05, 3.63) is 120 Å². The first-order chi connectivity index (χ1) is 16.3. The molecular formula is C29H26N2O2. The molecule has 0 bridgehead atoms. The van der Waals surface area contributed by atoms with Gasteiger partial charge in [-0.25, -0.2) is 0 Å². The molecule has 0 unspecified atom stereocenters. The minimum Gasteiger partial charge on any atom is -0.457 e. The van der Waals surface area contributed by atoms with Gasteiger partial charge in [-0.3, -0.25) is 0 Å². The highest BCUT2D eigenvalue weighted by atomic mass is 16.5. The minimum atomic E-state index is 0.788. The molecule has 0 amide bonds. The number of hydrogen-bond acceptors (Lipinski definition) is 3. The number of ether oxygens (including phenoxy) is 2. The molecule has 5 rings (SSSR count). The molecule has 164 valence electrons. The summed E-state index contributed by atoms with van der Waals surface area (Å²) >= 11 is 0. The number of aromatic nitrogens is 1. The van der Waals surface area contributed by atoms with E-state index in [1.54, 1.807) is 0 Å². The van der Waals surface area contributed by atoms with E-state index >= 15 is 0 Å². The molecule has 0 saturated carbocycles. The number of nitrogens with one attached hydrogen (secondary N) is 2. The molecule has 4 heteroatoms. The van der Waals surface area contributed by atoms with Crippen LogP contribution in [-0.2, 0) is 13.0 Å².